The Balaban J connectivity index is 2.34. The van der Waals surface area contributed by atoms with Gasteiger partial charge in [-0.3, -0.25) is 0 Å². The van der Waals surface area contributed by atoms with E-state index in [1.165, 1.54) is 0 Å². The average Bonchev–Trinajstić information content (AvgIpc) is 2.51. The van der Waals surface area contributed by atoms with Gasteiger partial charge in [-0.15, -0.1) is 11.8 Å². The van der Waals surface area contributed by atoms with Gasteiger partial charge >= 0.3 is 0 Å². The highest BCUT2D eigenvalue weighted by atomic mass is 35.5. The van der Waals surface area contributed by atoms with Crippen LogP contribution >= 0.6 is 23.4 Å². The quantitative estimate of drug-likeness (QED) is 0.749. The number of nitrogens with two attached hydrogens (primary N) is 1. The normalized spacial score (nSPS) is 12.2. The van der Waals surface area contributed by atoms with Crippen LogP contribution in [0.1, 0.15) is 18.9 Å². The Hall–Kier alpha value is -1.16. The van der Waals surface area contributed by atoms with Crippen LogP contribution in [0.25, 0.3) is 0 Å². The molecule has 1 unspecified atom stereocenters. The van der Waals surface area contributed by atoms with Gasteiger partial charge in [0.1, 0.15) is 11.5 Å². The zero-order valence-corrected chi connectivity index (χ0v) is 13.9. The Kier molecular flexibility index (Phi) is 5.97. The molecule has 2 rings (SSSR count). The van der Waals surface area contributed by atoms with Crippen LogP contribution in [0.15, 0.2) is 47.4 Å². The van der Waals surface area contributed by atoms with Gasteiger partial charge in [0.2, 0.25) is 0 Å². The Morgan fingerprint density at radius 1 is 1.19 bits per heavy atom. The maximum absolute atomic E-state index is 6.33. The van der Waals surface area contributed by atoms with Crippen LogP contribution < -0.4 is 10.5 Å². The summed E-state index contributed by atoms with van der Waals surface area (Å²) in [6.45, 7) is 2.08. The first-order valence-electron chi connectivity index (χ1n) is 6.99. The van der Waals surface area contributed by atoms with Gasteiger partial charge in [0.15, 0.2) is 0 Å². The fraction of sp³-hybridized carbons (Fsp3) is 0.294. The van der Waals surface area contributed by atoms with Crippen molar-refractivity contribution < 1.29 is 4.74 Å². The Morgan fingerprint density at radius 2 is 1.95 bits per heavy atom. The van der Waals surface area contributed by atoms with E-state index in [1.807, 2.05) is 48.7 Å². The van der Waals surface area contributed by atoms with Crippen molar-refractivity contribution in [2.45, 2.75) is 30.7 Å². The van der Waals surface area contributed by atoms with E-state index in [2.05, 4.69) is 6.92 Å². The van der Waals surface area contributed by atoms with Crippen LogP contribution in [0.5, 0.6) is 11.5 Å². The second kappa shape index (κ2) is 7.74. The lowest BCUT2D eigenvalue weighted by Gasteiger charge is -2.16. The molecule has 0 bridgehead atoms. The molecule has 0 spiro atoms. The molecule has 0 saturated carbocycles. The van der Waals surface area contributed by atoms with Crippen LogP contribution in [0.4, 0.5) is 0 Å². The highest BCUT2D eigenvalue weighted by Crippen LogP contribution is 2.37. The Labute approximate surface area is 135 Å². The summed E-state index contributed by atoms with van der Waals surface area (Å²) in [7, 11) is 0. The van der Waals surface area contributed by atoms with Crippen LogP contribution in [0.3, 0.4) is 0 Å². The summed E-state index contributed by atoms with van der Waals surface area (Å²) in [6.07, 6.45) is 3.71. The van der Waals surface area contributed by atoms with Crippen LogP contribution in [-0.4, -0.2) is 12.3 Å². The maximum atomic E-state index is 6.33. The van der Waals surface area contributed by atoms with Gasteiger partial charge in [-0.25, -0.2) is 0 Å². The zero-order chi connectivity index (χ0) is 15.2. The summed E-state index contributed by atoms with van der Waals surface area (Å²) in [5.74, 6) is 1.54. The van der Waals surface area contributed by atoms with Gasteiger partial charge in [0, 0.05) is 10.9 Å². The van der Waals surface area contributed by atoms with Crippen molar-refractivity contribution in [3.05, 3.63) is 53.1 Å². The lowest BCUT2D eigenvalue weighted by atomic mass is 10.0. The minimum absolute atomic E-state index is 0.113. The second-order valence-corrected chi connectivity index (χ2v) is 6.11. The van der Waals surface area contributed by atoms with Crippen molar-refractivity contribution in [2.24, 2.45) is 5.73 Å². The van der Waals surface area contributed by atoms with Crippen molar-refractivity contribution >= 4 is 23.4 Å². The second-order valence-electron chi connectivity index (χ2n) is 4.85. The van der Waals surface area contributed by atoms with Crippen molar-refractivity contribution in [2.75, 3.05) is 6.26 Å². The number of rotatable bonds is 6. The van der Waals surface area contributed by atoms with Crippen LogP contribution in [-0.2, 0) is 6.42 Å². The predicted molar refractivity (Wildman–Crippen MR) is 91.7 cm³/mol. The Bertz CT molecular complexity index is 603. The van der Waals surface area contributed by atoms with Gasteiger partial charge in [0.25, 0.3) is 0 Å². The summed E-state index contributed by atoms with van der Waals surface area (Å²) in [4.78, 5) is 1.09. The number of para-hydroxylation sites is 2. The molecule has 0 saturated heterocycles. The third-order valence-electron chi connectivity index (χ3n) is 3.34. The van der Waals surface area contributed by atoms with E-state index >= 15 is 0 Å². The standard InChI is InChI=1S/C17H20ClNOS/c1-3-13(19)11-12-7-6-8-14(18)17(12)20-15-9-4-5-10-16(15)21-2/h4-10,13H,3,11,19H2,1-2H3. The molecular formula is C17H20ClNOS. The minimum Gasteiger partial charge on any atom is -0.454 e. The summed E-state index contributed by atoms with van der Waals surface area (Å²) < 4.78 is 6.10. The average molecular weight is 322 g/mol. The SMILES string of the molecule is CCC(N)Cc1cccc(Cl)c1Oc1ccccc1SC. The van der Waals surface area contributed by atoms with E-state index in [4.69, 9.17) is 22.1 Å². The molecule has 0 amide bonds. The molecule has 0 aliphatic carbocycles. The fourth-order valence-electron chi connectivity index (χ4n) is 2.07. The molecule has 0 heterocycles. The topological polar surface area (TPSA) is 35.2 Å². The first-order valence-corrected chi connectivity index (χ1v) is 8.59. The molecule has 0 aliphatic rings. The van der Waals surface area contributed by atoms with Crippen molar-refractivity contribution in [3.8, 4) is 11.5 Å². The molecule has 0 aromatic heterocycles. The number of hydrogen-bond donors (Lipinski definition) is 1. The van der Waals surface area contributed by atoms with Crippen molar-refractivity contribution in [3.63, 3.8) is 0 Å². The lowest BCUT2D eigenvalue weighted by Crippen LogP contribution is -2.21. The number of benzene rings is 2. The van der Waals surface area contributed by atoms with Gasteiger partial charge in [-0.1, -0.05) is 42.8 Å². The third kappa shape index (κ3) is 4.16. The largest absolute Gasteiger partial charge is 0.454 e. The highest BCUT2D eigenvalue weighted by Gasteiger charge is 2.13. The summed E-state index contributed by atoms with van der Waals surface area (Å²) >= 11 is 7.98. The first kappa shape index (κ1) is 16.2. The maximum Gasteiger partial charge on any atom is 0.149 e. The van der Waals surface area contributed by atoms with E-state index in [9.17, 15) is 0 Å². The van der Waals surface area contributed by atoms with Crippen molar-refractivity contribution in [1.29, 1.82) is 0 Å². The summed E-state index contributed by atoms with van der Waals surface area (Å²) in [5.41, 5.74) is 7.12. The van der Waals surface area contributed by atoms with E-state index < -0.39 is 0 Å². The number of hydrogen-bond acceptors (Lipinski definition) is 3. The minimum atomic E-state index is 0.113. The number of thioether (sulfide) groups is 1. The molecule has 0 radical (unpaired) electrons. The molecule has 0 aliphatic heterocycles. The summed E-state index contributed by atoms with van der Waals surface area (Å²) in [6, 6.07) is 13.9. The molecule has 0 fully saturated rings. The van der Waals surface area contributed by atoms with Crippen LogP contribution in [0.2, 0.25) is 5.02 Å². The molecule has 21 heavy (non-hydrogen) atoms. The molecule has 112 valence electrons. The smallest absolute Gasteiger partial charge is 0.149 e. The monoisotopic (exact) mass is 321 g/mol. The fourth-order valence-corrected chi connectivity index (χ4v) is 2.83. The van der Waals surface area contributed by atoms with E-state index in [1.54, 1.807) is 11.8 Å². The van der Waals surface area contributed by atoms with E-state index in [0.29, 0.717) is 10.8 Å². The van der Waals surface area contributed by atoms with Crippen LogP contribution in [0, 0.1) is 0 Å². The lowest BCUT2D eigenvalue weighted by molar-refractivity contribution is 0.461. The molecule has 2 aromatic rings. The van der Waals surface area contributed by atoms with Crippen molar-refractivity contribution in [1.82, 2.24) is 0 Å². The summed E-state index contributed by atoms with van der Waals surface area (Å²) in [5, 5.41) is 0.617. The molecular weight excluding hydrogens is 302 g/mol. The van der Waals surface area contributed by atoms with Gasteiger partial charge in [-0.05, 0) is 42.9 Å². The van der Waals surface area contributed by atoms with Gasteiger partial charge in [-0.2, -0.15) is 0 Å². The molecule has 2 aromatic carbocycles. The Morgan fingerprint density at radius 3 is 2.67 bits per heavy atom. The van der Waals surface area contributed by atoms with Gasteiger partial charge in [0.05, 0.1) is 5.02 Å². The van der Waals surface area contributed by atoms with E-state index in [-0.39, 0.29) is 6.04 Å². The number of halogens is 1. The van der Waals surface area contributed by atoms with Gasteiger partial charge < -0.3 is 10.5 Å². The third-order valence-corrected chi connectivity index (χ3v) is 4.41. The van der Waals surface area contributed by atoms with E-state index in [0.717, 1.165) is 29.1 Å². The molecule has 1 atom stereocenters. The number of ether oxygens (including phenoxy) is 1. The first-order chi connectivity index (χ1) is 10.2. The highest BCUT2D eigenvalue weighted by molar-refractivity contribution is 7.98. The molecule has 4 heteroatoms. The zero-order valence-electron chi connectivity index (χ0n) is 12.3. The molecule has 2 N–H and O–H groups in total. The predicted octanol–water partition coefficient (Wildman–Crippen LogP) is 5.13. The molecule has 2 nitrogen and oxygen atoms in total.